The van der Waals surface area contributed by atoms with Crippen LogP contribution in [0.1, 0.15) is 19.3 Å². The molecule has 0 radical (unpaired) electrons. The molecule has 3 rings (SSSR count). The number of anilines is 1. The van der Waals surface area contributed by atoms with Crippen molar-refractivity contribution >= 4 is 17.0 Å². The van der Waals surface area contributed by atoms with Crippen LogP contribution in [0.4, 0.5) is 5.82 Å². The van der Waals surface area contributed by atoms with E-state index in [1.54, 1.807) is 6.33 Å². The van der Waals surface area contributed by atoms with Gasteiger partial charge in [-0.3, -0.25) is 0 Å². The van der Waals surface area contributed by atoms with Gasteiger partial charge in [-0.2, -0.15) is 0 Å². The molecule has 0 aromatic carbocycles. The molecule has 2 aromatic rings. The topological polar surface area (TPSA) is 82.1 Å². The Labute approximate surface area is 124 Å². The third kappa shape index (κ3) is 3.30. The second-order valence-electron chi connectivity index (χ2n) is 5.62. The molecule has 1 unspecified atom stereocenters. The lowest BCUT2D eigenvalue weighted by Crippen LogP contribution is -2.30. The van der Waals surface area contributed by atoms with Crippen LogP contribution in [0.2, 0.25) is 0 Å². The zero-order chi connectivity index (χ0) is 14.7. The molecule has 0 amide bonds. The molecule has 0 bridgehead atoms. The number of aromatic nitrogens is 4. The number of aryl methyl sites for hydroxylation is 1. The minimum atomic E-state index is 0.414. The van der Waals surface area contributed by atoms with Crippen LogP contribution < -0.4 is 5.73 Å². The van der Waals surface area contributed by atoms with E-state index in [1.165, 1.54) is 19.2 Å². The molecule has 0 saturated carbocycles. The highest BCUT2D eigenvalue weighted by atomic mass is 16.5. The highest BCUT2D eigenvalue weighted by Gasteiger charge is 2.17. The van der Waals surface area contributed by atoms with Crippen molar-refractivity contribution in [2.24, 2.45) is 0 Å². The van der Waals surface area contributed by atoms with E-state index in [-0.39, 0.29) is 0 Å². The zero-order valence-electron chi connectivity index (χ0n) is 12.4. The van der Waals surface area contributed by atoms with E-state index in [4.69, 9.17) is 10.5 Å². The van der Waals surface area contributed by atoms with Crippen molar-refractivity contribution in [3.8, 4) is 0 Å². The van der Waals surface area contributed by atoms with E-state index in [0.717, 1.165) is 38.3 Å². The van der Waals surface area contributed by atoms with Crippen molar-refractivity contribution in [3.05, 3.63) is 12.7 Å². The number of fused-ring (bicyclic) bond motifs is 1. The number of rotatable bonds is 6. The molecule has 3 heterocycles. The molecule has 0 spiro atoms. The van der Waals surface area contributed by atoms with Crippen molar-refractivity contribution in [1.29, 1.82) is 0 Å². The van der Waals surface area contributed by atoms with Crippen LogP contribution in [-0.2, 0) is 11.3 Å². The molecule has 1 aliphatic rings. The van der Waals surface area contributed by atoms with Gasteiger partial charge in [0.1, 0.15) is 11.8 Å². The molecule has 1 fully saturated rings. The van der Waals surface area contributed by atoms with Crippen LogP contribution in [0.3, 0.4) is 0 Å². The van der Waals surface area contributed by atoms with Crippen LogP contribution in [0.5, 0.6) is 0 Å². The van der Waals surface area contributed by atoms with Gasteiger partial charge in [-0.05, 0) is 32.9 Å². The third-order valence-electron chi connectivity index (χ3n) is 3.91. The van der Waals surface area contributed by atoms with Gasteiger partial charge in [0.15, 0.2) is 11.5 Å². The van der Waals surface area contributed by atoms with Gasteiger partial charge in [-0.1, -0.05) is 0 Å². The molecule has 7 heteroatoms. The van der Waals surface area contributed by atoms with Crippen molar-refractivity contribution in [3.63, 3.8) is 0 Å². The van der Waals surface area contributed by atoms with Crippen LogP contribution in [0.25, 0.3) is 11.2 Å². The Morgan fingerprint density at radius 1 is 1.43 bits per heavy atom. The van der Waals surface area contributed by atoms with Crippen molar-refractivity contribution < 1.29 is 4.74 Å². The van der Waals surface area contributed by atoms with E-state index >= 15 is 0 Å². The second-order valence-corrected chi connectivity index (χ2v) is 5.62. The van der Waals surface area contributed by atoms with Crippen LogP contribution in [0, 0.1) is 0 Å². The lowest BCUT2D eigenvalue weighted by Gasteiger charge is -2.20. The monoisotopic (exact) mass is 290 g/mol. The van der Waals surface area contributed by atoms with Gasteiger partial charge < -0.3 is 19.9 Å². The second kappa shape index (κ2) is 6.36. The van der Waals surface area contributed by atoms with Crippen LogP contribution >= 0.6 is 0 Å². The van der Waals surface area contributed by atoms with Crippen LogP contribution in [0.15, 0.2) is 12.7 Å². The average Bonchev–Trinajstić information content (AvgIpc) is 3.10. The first kappa shape index (κ1) is 14.2. The van der Waals surface area contributed by atoms with Gasteiger partial charge in [-0.15, -0.1) is 0 Å². The Kier molecular flexibility index (Phi) is 4.31. The minimum Gasteiger partial charge on any atom is -0.382 e. The van der Waals surface area contributed by atoms with Crippen molar-refractivity contribution in [2.45, 2.75) is 31.9 Å². The Hall–Kier alpha value is -1.73. The molecule has 2 aromatic heterocycles. The zero-order valence-corrected chi connectivity index (χ0v) is 12.4. The number of imidazole rings is 1. The standard InChI is InChI=1S/C14H22N6O/c1-19(8-11-4-2-7-21-11)5-3-6-20-10-18-12-13(15)16-9-17-14(12)20/h9-11H,2-8H2,1H3,(H2,15,16,17). The number of nitrogens with zero attached hydrogens (tertiary/aromatic N) is 5. The predicted molar refractivity (Wildman–Crippen MR) is 80.8 cm³/mol. The SMILES string of the molecule is CN(CCCn1cnc2c(N)ncnc21)CC1CCCO1. The highest BCUT2D eigenvalue weighted by Crippen LogP contribution is 2.15. The molecule has 114 valence electrons. The normalized spacial score (nSPS) is 18.9. The summed E-state index contributed by atoms with van der Waals surface area (Å²) in [6.45, 7) is 3.84. The maximum atomic E-state index is 5.79. The van der Waals surface area contributed by atoms with E-state index < -0.39 is 0 Å². The predicted octanol–water partition coefficient (Wildman–Crippen LogP) is 0.909. The summed E-state index contributed by atoms with van der Waals surface area (Å²) in [5.41, 5.74) is 7.28. The summed E-state index contributed by atoms with van der Waals surface area (Å²) < 4.78 is 7.69. The molecule has 0 aliphatic carbocycles. The Morgan fingerprint density at radius 3 is 3.14 bits per heavy atom. The van der Waals surface area contributed by atoms with Crippen molar-refractivity contribution in [1.82, 2.24) is 24.4 Å². The summed E-state index contributed by atoms with van der Waals surface area (Å²) in [7, 11) is 2.15. The van der Waals surface area contributed by atoms with Gasteiger partial charge >= 0.3 is 0 Å². The smallest absolute Gasteiger partial charge is 0.165 e. The number of hydrogen-bond donors (Lipinski definition) is 1. The summed E-state index contributed by atoms with van der Waals surface area (Å²) in [5.74, 6) is 0.439. The number of nitrogens with two attached hydrogens (primary N) is 1. The van der Waals surface area contributed by atoms with Gasteiger partial charge in [0.2, 0.25) is 0 Å². The molecule has 21 heavy (non-hydrogen) atoms. The molecule has 2 N–H and O–H groups in total. The summed E-state index contributed by atoms with van der Waals surface area (Å²) in [4.78, 5) is 14.8. The fraction of sp³-hybridized carbons (Fsp3) is 0.643. The van der Waals surface area contributed by atoms with Crippen LogP contribution in [-0.4, -0.2) is 57.3 Å². The molecule has 1 saturated heterocycles. The molecular weight excluding hydrogens is 268 g/mol. The average molecular weight is 290 g/mol. The van der Waals surface area contributed by atoms with E-state index in [2.05, 4.69) is 26.9 Å². The first-order valence-electron chi connectivity index (χ1n) is 7.45. The Balaban J connectivity index is 1.51. The Morgan fingerprint density at radius 2 is 2.33 bits per heavy atom. The molecular formula is C14H22N6O. The van der Waals surface area contributed by atoms with E-state index in [9.17, 15) is 0 Å². The third-order valence-corrected chi connectivity index (χ3v) is 3.91. The molecule has 7 nitrogen and oxygen atoms in total. The first-order valence-corrected chi connectivity index (χ1v) is 7.45. The van der Waals surface area contributed by atoms with Crippen molar-refractivity contribution in [2.75, 3.05) is 32.5 Å². The van der Waals surface area contributed by atoms with E-state index in [1.807, 2.05) is 4.57 Å². The number of likely N-dealkylation sites (N-methyl/N-ethyl adjacent to an activating group) is 1. The maximum absolute atomic E-state index is 5.79. The van der Waals surface area contributed by atoms with Gasteiger partial charge in [-0.25, -0.2) is 15.0 Å². The summed E-state index contributed by atoms with van der Waals surface area (Å²) >= 11 is 0. The number of ether oxygens (including phenoxy) is 1. The lowest BCUT2D eigenvalue weighted by molar-refractivity contribution is 0.0806. The van der Waals surface area contributed by atoms with Gasteiger partial charge in [0.25, 0.3) is 0 Å². The summed E-state index contributed by atoms with van der Waals surface area (Å²) in [5, 5.41) is 0. The lowest BCUT2D eigenvalue weighted by atomic mass is 10.2. The highest BCUT2D eigenvalue weighted by molar-refractivity contribution is 5.80. The Bertz CT molecular complexity index is 592. The summed E-state index contributed by atoms with van der Waals surface area (Å²) in [6, 6.07) is 0. The molecule has 1 atom stereocenters. The quantitative estimate of drug-likeness (QED) is 0.851. The fourth-order valence-corrected chi connectivity index (χ4v) is 2.80. The fourth-order valence-electron chi connectivity index (χ4n) is 2.80. The van der Waals surface area contributed by atoms with Gasteiger partial charge in [0, 0.05) is 19.7 Å². The largest absolute Gasteiger partial charge is 0.382 e. The minimum absolute atomic E-state index is 0.414. The number of nitrogen functional groups attached to an aromatic ring is 1. The van der Waals surface area contributed by atoms with E-state index in [0.29, 0.717) is 17.4 Å². The summed E-state index contributed by atoms with van der Waals surface area (Å²) in [6.07, 6.45) is 7.11. The van der Waals surface area contributed by atoms with Gasteiger partial charge in [0.05, 0.1) is 12.4 Å². The number of hydrogen-bond acceptors (Lipinski definition) is 6. The first-order chi connectivity index (χ1) is 10.2. The molecule has 1 aliphatic heterocycles. The maximum Gasteiger partial charge on any atom is 0.165 e.